The maximum Gasteiger partial charge on any atom is 0.222 e. The molecule has 2 unspecified atom stereocenters. The molecule has 1 rings (SSSR count). The van der Waals surface area contributed by atoms with Crippen molar-refractivity contribution in [2.24, 2.45) is 0 Å². The van der Waals surface area contributed by atoms with Gasteiger partial charge in [0.15, 0.2) is 0 Å². The Morgan fingerprint density at radius 2 is 1.80 bits per heavy atom. The molecular formula is C16H30BrNO2. The largest absolute Gasteiger partial charge is 0.371 e. The maximum atomic E-state index is 12.2. The van der Waals surface area contributed by atoms with Crippen molar-refractivity contribution in [3.8, 4) is 0 Å². The van der Waals surface area contributed by atoms with Crippen molar-refractivity contribution < 1.29 is 9.53 Å². The van der Waals surface area contributed by atoms with Crippen LogP contribution in [0.25, 0.3) is 0 Å². The number of hydrogen-bond donors (Lipinski definition) is 0. The zero-order valence-electron chi connectivity index (χ0n) is 13.1. The number of halogens is 1. The van der Waals surface area contributed by atoms with Gasteiger partial charge in [-0.05, 0) is 13.3 Å². The highest BCUT2D eigenvalue weighted by Gasteiger charge is 2.27. The number of ether oxygens (including phenoxy) is 1. The summed E-state index contributed by atoms with van der Waals surface area (Å²) in [6.45, 7) is 5.77. The highest BCUT2D eigenvalue weighted by molar-refractivity contribution is 9.09. The van der Waals surface area contributed by atoms with Gasteiger partial charge in [0.05, 0.1) is 12.2 Å². The van der Waals surface area contributed by atoms with Gasteiger partial charge in [-0.3, -0.25) is 4.79 Å². The van der Waals surface area contributed by atoms with E-state index in [1.54, 1.807) is 0 Å². The molecule has 0 aromatic carbocycles. The van der Waals surface area contributed by atoms with Crippen LogP contribution >= 0.6 is 15.9 Å². The summed E-state index contributed by atoms with van der Waals surface area (Å²) in [4.78, 5) is 14.2. The second-order valence-corrected chi connectivity index (χ2v) is 6.54. The molecule has 1 saturated heterocycles. The quantitative estimate of drug-likeness (QED) is 0.463. The normalized spacial score (nSPS) is 23.1. The van der Waals surface area contributed by atoms with E-state index < -0.39 is 0 Å². The number of rotatable bonds is 9. The third-order valence-corrected chi connectivity index (χ3v) is 4.57. The first-order valence-corrected chi connectivity index (χ1v) is 9.28. The Morgan fingerprint density at radius 3 is 2.45 bits per heavy atom. The second-order valence-electron chi connectivity index (χ2n) is 5.89. The average molecular weight is 348 g/mol. The van der Waals surface area contributed by atoms with E-state index in [4.69, 9.17) is 4.74 Å². The number of hydrogen-bond acceptors (Lipinski definition) is 2. The molecule has 20 heavy (non-hydrogen) atoms. The summed E-state index contributed by atoms with van der Waals surface area (Å²) in [7, 11) is 0. The standard InChI is InChI=1S/C16H30BrNO2/c1-3-4-5-6-7-8-9-10-16(19)18-12-14(2)20-15(11-17)13-18/h14-15H,3-13H2,1-2H3. The summed E-state index contributed by atoms with van der Waals surface area (Å²) in [6.07, 6.45) is 9.82. The summed E-state index contributed by atoms with van der Waals surface area (Å²) in [6, 6.07) is 0. The number of carbonyl (C=O) groups excluding carboxylic acids is 1. The number of nitrogens with zero attached hydrogens (tertiary/aromatic N) is 1. The number of carbonyl (C=O) groups is 1. The van der Waals surface area contributed by atoms with E-state index in [1.165, 1.54) is 38.5 Å². The summed E-state index contributed by atoms with van der Waals surface area (Å²) in [5.74, 6) is 0.305. The van der Waals surface area contributed by atoms with E-state index in [-0.39, 0.29) is 12.2 Å². The number of alkyl halides is 1. The van der Waals surface area contributed by atoms with Crippen LogP contribution in [0.5, 0.6) is 0 Å². The van der Waals surface area contributed by atoms with Crippen molar-refractivity contribution in [1.82, 2.24) is 4.90 Å². The summed E-state index contributed by atoms with van der Waals surface area (Å²) < 4.78 is 5.76. The van der Waals surface area contributed by atoms with Gasteiger partial charge in [0.25, 0.3) is 0 Å². The lowest BCUT2D eigenvalue weighted by Gasteiger charge is -2.36. The predicted octanol–water partition coefficient (Wildman–Crippen LogP) is 4.14. The van der Waals surface area contributed by atoms with Gasteiger partial charge < -0.3 is 9.64 Å². The van der Waals surface area contributed by atoms with Crippen molar-refractivity contribution >= 4 is 21.8 Å². The first-order valence-electron chi connectivity index (χ1n) is 8.16. The van der Waals surface area contributed by atoms with Crippen molar-refractivity contribution in [3.05, 3.63) is 0 Å². The Bertz CT molecular complexity index is 273. The fourth-order valence-corrected chi connectivity index (χ4v) is 3.08. The second kappa shape index (κ2) is 10.6. The van der Waals surface area contributed by atoms with Crippen LogP contribution in [0.3, 0.4) is 0 Å². The maximum absolute atomic E-state index is 12.2. The first kappa shape index (κ1) is 18.0. The van der Waals surface area contributed by atoms with Gasteiger partial charge >= 0.3 is 0 Å². The van der Waals surface area contributed by atoms with Crippen LogP contribution < -0.4 is 0 Å². The van der Waals surface area contributed by atoms with Gasteiger partial charge in [-0.2, -0.15) is 0 Å². The lowest BCUT2D eigenvalue weighted by molar-refractivity contribution is -0.142. The molecule has 0 aromatic rings. The van der Waals surface area contributed by atoms with Gasteiger partial charge in [0.1, 0.15) is 0 Å². The van der Waals surface area contributed by atoms with E-state index in [2.05, 4.69) is 22.9 Å². The third-order valence-electron chi connectivity index (χ3n) is 3.85. The Balaban J connectivity index is 2.12. The minimum Gasteiger partial charge on any atom is -0.371 e. The van der Waals surface area contributed by atoms with Gasteiger partial charge in [-0.1, -0.05) is 61.4 Å². The van der Waals surface area contributed by atoms with Crippen molar-refractivity contribution in [3.63, 3.8) is 0 Å². The highest BCUT2D eigenvalue weighted by atomic mass is 79.9. The lowest BCUT2D eigenvalue weighted by atomic mass is 10.1. The topological polar surface area (TPSA) is 29.5 Å². The Morgan fingerprint density at radius 1 is 1.15 bits per heavy atom. The molecule has 1 aliphatic heterocycles. The fraction of sp³-hybridized carbons (Fsp3) is 0.938. The molecule has 0 radical (unpaired) electrons. The predicted molar refractivity (Wildman–Crippen MR) is 87.3 cm³/mol. The fourth-order valence-electron chi connectivity index (χ4n) is 2.73. The molecule has 118 valence electrons. The minimum absolute atomic E-state index is 0.150. The smallest absolute Gasteiger partial charge is 0.222 e. The number of unbranched alkanes of at least 4 members (excludes halogenated alkanes) is 6. The minimum atomic E-state index is 0.150. The number of amides is 1. The van der Waals surface area contributed by atoms with E-state index in [1.807, 2.05) is 11.8 Å². The van der Waals surface area contributed by atoms with E-state index in [0.29, 0.717) is 12.3 Å². The van der Waals surface area contributed by atoms with Crippen LogP contribution in [0, 0.1) is 0 Å². The van der Waals surface area contributed by atoms with E-state index in [9.17, 15) is 4.79 Å². The van der Waals surface area contributed by atoms with Gasteiger partial charge in [-0.15, -0.1) is 0 Å². The first-order chi connectivity index (χ1) is 9.67. The molecule has 1 fully saturated rings. The molecule has 0 saturated carbocycles. The number of morpholine rings is 1. The molecule has 0 spiro atoms. The van der Waals surface area contributed by atoms with E-state index in [0.717, 1.165) is 24.8 Å². The Hall–Kier alpha value is -0.0900. The monoisotopic (exact) mass is 347 g/mol. The van der Waals surface area contributed by atoms with Gasteiger partial charge in [0.2, 0.25) is 5.91 Å². The summed E-state index contributed by atoms with van der Waals surface area (Å²) >= 11 is 3.45. The zero-order valence-corrected chi connectivity index (χ0v) is 14.7. The Kier molecular flexibility index (Phi) is 9.53. The summed E-state index contributed by atoms with van der Waals surface area (Å²) in [5, 5.41) is 0.804. The highest BCUT2D eigenvalue weighted by Crippen LogP contribution is 2.15. The molecule has 1 aliphatic rings. The SMILES string of the molecule is CCCCCCCCCC(=O)N1CC(C)OC(CBr)C1. The molecule has 0 bridgehead atoms. The molecular weight excluding hydrogens is 318 g/mol. The Labute approximate surface area is 132 Å². The molecule has 0 aliphatic carbocycles. The summed E-state index contributed by atoms with van der Waals surface area (Å²) in [5.41, 5.74) is 0. The van der Waals surface area contributed by atoms with Crippen LogP contribution in [0.15, 0.2) is 0 Å². The van der Waals surface area contributed by atoms with Gasteiger partial charge in [-0.25, -0.2) is 0 Å². The molecule has 0 aromatic heterocycles. The molecule has 0 N–H and O–H groups in total. The molecule has 1 heterocycles. The van der Waals surface area contributed by atoms with Crippen LogP contribution in [-0.2, 0) is 9.53 Å². The van der Waals surface area contributed by atoms with Crippen molar-refractivity contribution in [2.45, 2.75) is 77.4 Å². The van der Waals surface area contributed by atoms with Crippen LogP contribution in [0.4, 0.5) is 0 Å². The van der Waals surface area contributed by atoms with Crippen LogP contribution in [-0.4, -0.2) is 41.4 Å². The van der Waals surface area contributed by atoms with E-state index >= 15 is 0 Å². The van der Waals surface area contributed by atoms with Crippen molar-refractivity contribution in [1.29, 1.82) is 0 Å². The van der Waals surface area contributed by atoms with Crippen LogP contribution in [0.1, 0.15) is 65.2 Å². The molecule has 2 atom stereocenters. The molecule has 1 amide bonds. The van der Waals surface area contributed by atoms with Crippen molar-refractivity contribution in [2.75, 3.05) is 18.4 Å². The third kappa shape index (κ3) is 7.07. The molecule has 4 heteroatoms. The molecule has 3 nitrogen and oxygen atoms in total. The average Bonchev–Trinajstić information content (AvgIpc) is 2.45. The van der Waals surface area contributed by atoms with Crippen LogP contribution in [0.2, 0.25) is 0 Å². The van der Waals surface area contributed by atoms with Gasteiger partial charge in [0, 0.05) is 24.8 Å². The lowest BCUT2D eigenvalue weighted by Crippen LogP contribution is -2.49. The zero-order chi connectivity index (χ0) is 14.8.